The second-order valence-electron chi connectivity index (χ2n) is 7.73. The number of hydroxylamine groups is 2. The van der Waals surface area contributed by atoms with Crippen LogP contribution in [0.15, 0.2) is 0 Å². The van der Waals surface area contributed by atoms with Crippen LogP contribution >= 0.6 is 0 Å². The van der Waals surface area contributed by atoms with E-state index in [0.29, 0.717) is 32.2 Å². The number of carboxylic acid groups (broad SMARTS) is 1. The van der Waals surface area contributed by atoms with Gasteiger partial charge in [0.05, 0.1) is 19.6 Å². The Balaban J connectivity index is 2.45. The van der Waals surface area contributed by atoms with Gasteiger partial charge in [0.1, 0.15) is 0 Å². The molecule has 0 radical (unpaired) electrons. The van der Waals surface area contributed by atoms with Gasteiger partial charge in [0, 0.05) is 18.5 Å². The highest BCUT2D eigenvalue weighted by atomic mass is 19.2. The van der Waals surface area contributed by atoms with Gasteiger partial charge in [-0.15, -0.1) is 0 Å². The van der Waals surface area contributed by atoms with E-state index in [1.54, 1.807) is 19.0 Å². The Hall–Kier alpha value is -2.27. The van der Waals surface area contributed by atoms with Crippen LogP contribution in [-0.4, -0.2) is 60.7 Å². The Morgan fingerprint density at radius 2 is 1.38 bits per heavy atom. The minimum absolute atomic E-state index is 0.120. The molecule has 0 aromatic heterocycles. The molecule has 0 bridgehead atoms. The molecule has 1 atom stereocenters. The maximum Gasteiger partial charge on any atom is 0.305 e. The van der Waals surface area contributed by atoms with Crippen LogP contribution < -0.4 is 0 Å². The van der Waals surface area contributed by atoms with Crippen molar-refractivity contribution in [1.29, 1.82) is 0 Å². The van der Waals surface area contributed by atoms with Gasteiger partial charge in [-0.2, -0.15) is 0 Å². The van der Waals surface area contributed by atoms with Gasteiger partial charge in [0.15, 0.2) is 23.3 Å². The Kier molecular flexibility index (Phi) is 11.6. The predicted molar refractivity (Wildman–Crippen MR) is 106 cm³/mol. The second-order valence-corrected chi connectivity index (χ2v) is 7.73. The molecule has 0 unspecified atom stereocenters. The number of carboxylic acids is 1. The standard InChI is InChI=1S/C21H29F5N2O4/c1-27(2)12-13(11-16(30)31)28(32-3)15(29)10-8-6-4-5-7-9-14-17(22)19(24)21(26)20(25)18(14)23/h13H,4-12H2,1-3H3,(H,30,31)/t13-/m1/s1. The molecule has 0 saturated heterocycles. The van der Waals surface area contributed by atoms with E-state index in [1.807, 2.05) is 0 Å². The maximum atomic E-state index is 13.6. The van der Waals surface area contributed by atoms with Crippen molar-refractivity contribution in [3.8, 4) is 0 Å². The molecule has 1 amide bonds. The number of nitrogens with zero attached hydrogens (tertiary/aromatic N) is 2. The summed E-state index contributed by atoms with van der Waals surface area (Å²) in [7, 11) is 4.79. The number of carbonyl (C=O) groups is 2. The number of hydrogen-bond acceptors (Lipinski definition) is 4. The normalized spacial score (nSPS) is 12.3. The SMILES string of the molecule is CON(C(=O)CCCCCCCc1c(F)c(F)c(F)c(F)c1F)[C@H](CC(=O)O)CN(C)C. The molecule has 11 heteroatoms. The highest BCUT2D eigenvalue weighted by molar-refractivity contribution is 5.76. The minimum Gasteiger partial charge on any atom is -0.481 e. The van der Waals surface area contributed by atoms with Gasteiger partial charge in [-0.25, -0.2) is 27.0 Å². The molecule has 0 aliphatic rings. The van der Waals surface area contributed by atoms with Crippen molar-refractivity contribution in [3.63, 3.8) is 0 Å². The van der Waals surface area contributed by atoms with Crippen molar-refractivity contribution >= 4 is 11.9 Å². The quantitative estimate of drug-likeness (QED) is 0.147. The summed E-state index contributed by atoms with van der Waals surface area (Å²) in [6.07, 6.45) is 1.92. The number of rotatable bonds is 14. The first kappa shape index (κ1) is 27.8. The fourth-order valence-electron chi connectivity index (χ4n) is 3.39. The first-order valence-electron chi connectivity index (χ1n) is 10.2. The number of carbonyl (C=O) groups excluding carboxylic acids is 1. The Morgan fingerprint density at radius 1 is 0.875 bits per heavy atom. The van der Waals surface area contributed by atoms with Crippen LogP contribution in [0.25, 0.3) is 0 Å². The highest BCUT2D eigenvalue weighted by Crippen LogP contribution is 2.24. The van der Waals surface area contributed by atoms with Gasteiger partial charge in [0.25, 0.3) is 0 Å². The van der Waals surface area contributed by atoms with Crippen molar-refractivity contribution in [2.75, 3.05) is 27.7 Å². The van der Waals surface area contributed by atoms with E-state index in [4.69, 9.17) is 9.94 Å². The monoisotopic (exact) mass is 468 g/mol. The Morgan fingerprint density at radius 3 is 1.88 bits per heavy atom. The van der Waals surface area contributed by atoms with E-state index in [0.717, 1.165) is 5.06 Å². The zero-order valence-corrected chi connectivity index (χ0v) is 18.4. The first-order valence-corrected chi connectivity index (χ1v) is 10.2. The van der Waals surface area contributed by atoms with Gasteiger partial charge in [-0.05, 0) is 33.4 Å². The summed E-state index contributed by atoms with van der Waals surface area (Å²) in [5.41, 5.74) is -0.822. The number of benzene rings is 1. The molecular weight excluding hydrogens is 439 g/mol. The molecule has 182 valence electrons. The molecule has 1 aromatic carbocycles. The largest absolute Gasteiger partial charge is 0.481 e. The van der Waals surface area contributed by atoms with Crippen molar-refractivity contribution in [3.05, 3.63) is 34.6 Å². The molecule has 32 heavy (non-hydrogen) atoms. The molecule has 0 spiro atoms. The number of likely N-dealkylation sites (N-methyl/N-ethyl adjacent to an activating group) is 1. The molecule has 0 saturated carbocycles. The predicted octanol–water partition coefficient (Wildman–Crippen LogP) is 4.06. The summed E-state index contributed by atoms with van der Waals surface area (Å²) in [4.78, 5) is 30.4. The van der Waals surface area contributed by atoms with Crippen molar-refractivity contribution in [2.24, 2.45) is 0 Å². The molecule has 1 aromatic rings. The topological polar surface area (TPSA) is 70.1 Å². The zero-order valence-electron chi connectivity index (χ0n) is 18.4. The molecule has 1 N–H and O–H groups in total. The van der Waals surface area contributed by atoms with Gasteiger partial charge in [-0.1, -0.05) is 19.3 Å². The van der Waals surface area contributed by atoms with E-state index < -0.39 is 46.7 Å². The number of hydrogen-bond donors (Lipinski definition) is 1. The smallest absolute Gasteiger partial charge is 0.305 e. The molecule has 0 heterocycles. The van der Waals surface area contributed by atoms with Crippen LogP contribution in [0.3, 0.4) is 0 Å². The fourth-order valence-corrected chi connectivity index (χ4v) is 3.39. The molecule has 0 fully saturated rings. The average molecular weight is 468 g/mol. The number of amides is 1. The van der Waals surface area contributed by atoms with Crippen LogP contribution in [0.2, 0.25) is 0 Å². The van der Waals surface area contributed by atoms with Crippen LogP contribution in [0.1, 0.15) is 50.5 Å². The fraction of sp³-hybridized carbons (Fsp3) is 0.619. The van der Waals surface area contributed by atoms with Crippen LogP contribution in [0, 0.1) is 29.1 Å². The van der Waals surface area contributed by atoms with Gasteiger partial charge in [-0.3, -0.25) is 14.4 Å². The lowest BCUT2D eigenvalue weighted by Gasteiger charge is -2.30. The number of halogens is 5. The van der Waals surface area contributed by atoms with Crippen molar-refractivity contribution in [1.82, 2.24) is 9.96 Å². The lowest BCUT2D eigenvalue weighted by atomic mass is 10.0. The van der Waals surface area contributed by atoms with Crippen molar-refractivity contribution in [2.45, 2.75) is 57.4 Å². The third-order valence-electron chi connectivity index (χ3n) is 4.88. The Bertz CT molecular complexity index is 763. The number of unbranched alkanes of at least 4 members (excludes halogenated alkanes) is 4. The summed E-state index contributed by atoms with van der Waals surface area (Å²) in [6, 6.07) is -0.652. The molecular formula is C21H29F5N2O4. The van der Waals surface area contributed by atoms with Gasteiger partial charge < -0.3 is 10.0 Å². The molecule has 0 aliphatic carbocycles. The summed E-state index contributed by atoms with van der Waals surface area (Å²) in [5, 5.41) is 10.1. The van der Waals surface area contributed by atoms with E-state index in [1.165, 1.54) is 7.11 Å². The van der Waals surface area contributed by atoms with Gasteiger partial charge >= 0.3 is 5.97 Å². The molecule has 1 rings (SSSR count). The second kappa shape index (κ2) is 13.3. The van der Waals surface area contributed by atoms with Crippen LogP contribution in [0.5, 0.6) is 0 Å². The summed E-state index contributed by atoms with van der Waals surface area (Å²) >= 11 is 0. The van der Waals surface area contributed by atoms with E-state index in [2.05, 4.69) is 0 Å². The maximum absolute atomic E-state index is 13.6. The summed E-state index contributed by atoms with van der Waals surface area (Å²) in [5.74, 6) is -11.1. The summed E-state index contributed by atoms with van der Waals surface area (Å²) < 4.78 is 66.7. The molecule has 6 nitrogen and oxygen atoms in total. The van der Waals surface area contributed by atoms with E-state index in [-0.39, 0.29) is 31.6 Å². The lowest BCUT2D eigenvalue weighted by molar-refractivity contribution is -0.192. The average Bonchev–Trinajstić information content (AvgIpc) is 2.71. The Labute approximate surface area is 183 Å². The zero-order chi connectivity index (χ0) is 24.4. The lowest BCUT2D eigenvalue weighted by Crippen LogP contribution is -2.46. The van der Waals surface area contributed by atoms with Crippen LogP contribution in [0.4, 0.5) is 22.0 Å². The highest BCUT2D eigenvalue weighted by Gasteiger charge is 2.27. The number of aliphatic carboxylic acids is 1. The first-order chi connectivity index (χ1) is 15.0. The molecule has 0 aliphatic heterocycles. The van der Waals surface area contributed by atoms with Crippen molar-refractivity contribution < 1.29 is 41.5 Å². The van der Waals surface area contributed by atoms with Crippen LogP contribution in [-0.2, 0) is 20.8 Å². The summed E-state index contributed by atoms with van der Waals surface area (Å²) in [6.45, 7) is 0.309. The minimum atomic E-state index is -2.17. The third kappa shape index (κ3) is 8.01. The third-order valence-corrected chi connectivity index (χ3v) is 4.88. The van der Waals surface area contributed by atoms with E-state index in [9.17, 15) is 31.5 Å². The van der Waals surface area contributed by atoms with Gasteiger partial charge in [0.2, 0.25) is 11.7 Å². The van der Waals surface area contributed by atoms with E-state index >= 15 is 0 Å².